The van der Waals surface area contributed by atoms with Crippen molar-refractivity contribution in [3.8, 4) is 44.5 Å². The molecule has 1 aliphatic carbocycles. The topological polar surface area (TPSA) is 3.24 Å². The summed E-state index contributed by atoms with van der Waals surface area (Å²) in [6, 6.07) is 73.3. The lowest BCUT2D eigenvalue weighted by atomic mass is 9.82. The standard InChI is InChI=1S/C53H39N/c1-53(2)50-25-8-7-21-49(50)52-48(24-12-26-51(52)53)40-17-9-18-43(35-40)54(41-31-27-38(28-32-41)46-22-10-15-36-13-3-5-19-44(36)46)42-33-29-39(30-34-42)47-23-11-16-37-14-4-6-20-45(37)47/h3-35H,1-2H3. The first-order valence-electron chi connectivity index (χ1n) is 18.8. The SMILES string of the molecule is CC1(C)c2ccccc2-c2c(-c3cccc(N(c4ccc(-c5cccc6ccccc56)cc4)c4ccc(-c5cccc6ccccc56)cc4)c3)cccc21. The highest BCUT2D eigenvalue weighted by molar-refractivity contribution is 5.99. The number of anilines is 3. The average molecular weight is 690 g/mol. The van der Waals surface area contributed by atoms with Gasteiger partial charge < -0.3 is 4.90 Å². The van der Waals surface area contributed by atoms with E-state index >= 15 is 0 Å². The summed E-state index contributed by atoms with van der Waals surface area (Å²) >= 11 is 0. The Morgan fingerprint density at radius 3 is 1.43 bits per heavy atom. The maximum atomic E-state index is 2.39. The fraction of sp³-hybridized carbons (Fsp3) is 0.0566. The Bertz CT molecular complexity index is 2710. The third kappa shape index (κ3) is 5.24. The first kappa shape index (κ1) is 32.0. The molecule has 0 saturated heterocycles. The highest BCUT2D eigenvalue weighted by atomic mass is 15.1. The first-order valence-corrected chi connectivity index (χ1v) is 18.8. The molecule has 1 aliphatic rings. The summed E-state index contributed by atoms with van der Waals surface area (Å²) in [5.41, 5.74) is 16.1. The van der Waals surface area contributed by atoms with Crippen molar-refractivity contribution < 1.29 is 0 Å². The Labute approximate surface area is 317 Å². The van der Waals surface area contributed by atoms with Crippen LogP contribution in [0.5, 0.6) is 0 Å². The van der Waals surface area contributed by atoms with Gasteiger partial charge in [-0.2, -0.15) is 0 Å². The van der Waals surface area contributed by atoms with Crippen LogP contribution in [0.3, 0.4) is 0 Å². The van der Waals surface area contributed by atoms with Gasteiger partial charge in [0.25, 0.3) is 0 Å². The molecule has 0 heterocycles. The van der Waals surface area contributed by atoms with Gasteiger partial charge in [0.2, 0.25) is 0 Å². The summed E-state index contributed by atoms with van der Waals surface area (Å²) in [6.07, 6.45) is 0. The lowest BCUT2D eigenvalue weighted by Crippen LogP contribution is -2.14. The Balaban J connectivity index is 1.10. The summed E-state index contributed by atoms with van der Waals surface area (Å²) in [5, 5.41) is 5.03. The zero-order chi connectivity index (χ0) is 36.2. The van der Waals surface area contributed by atoms with Crippen LogP contribution in [-0.2, 0) is 5.41 Å². The van der Waals surface area contributed by atoms with Crippen molar-refractivity contribution in [2.45, 2.75) is 19.3 Å². The Hall–Kier alpha value is -6.70. The predicted octanol–water partition coefficient (Wildman–Crippen LogP) is 14.8. The zero-order valence-corrected chi connectivity index (χ0v) is 30.5. The fourth-order valence-electron chi connectivity index (χ4n) is 8.79. The van der Waals surface area contributed by atoms with Crippen LogP contribution in [-0.4, -0.2) is 0 Å². The van der Waals surface area contributed by atoms with E-state index in [0.29, 0.717) is 0 Å². The molecule has 0 aliphatic heterocycles. The van der Waals surface area contributed by atoms with Gasteiger partial charge in [-0.25, -0.2) is 0 Å². The van der Waals surface area contributed by atoms with Gasteiger partial charge in [-0.15, -0.1) is 0 Å². The molecular formula is C53H39N. The number of hydrogen-bond donors (Lipinski definition) is 0. The number of rotatable bonds is 6. The van der Waals surface area contributed by atoms with E-state index in [2.05, 4.69) is 219 Å². The Morgan fingerprint density at radius 1 is 0.333 bits per heavy atom. The van der Waals surface area contributed by atoms with Crippen LogP contribution in [0.1, 0.15) is 25.0 Å². The summed E-state index contributed by atoms with van der Waals surface area (Å²) in [4.78, 5) is 2.39. The van der Waals surface area contributed by atoms with Gasteiger partial charge in [0.15, 0.2) is 0 Å². The molecule has 9 aromatic carbocycles. The van der Waals surface area contributed by atoms with E-state index in [1.807, 2.05) is 0 Å². The molecule has 1 heteroatoms. The van der Waals surface area contributed by atoms with Gasteiger partial charge in [-0.1, -0.05) is 178 Å². The first-order chi connectivity index (χ1) is 26.5. The minimum absolute atomic E-state index is 0.0523. The summed E-state index contributed by atoms with van der Waals surface area (Å²) in [5.74, 6) is 0. The molecule has 0 N–H and O–H groups in total. The van der Waals surface area contributed by atoms with Gasteiger partial charge in [0.1, 0.15) is 0 Å². The normalized spacial score (nSPS) is 12.8. The molecule has 0 spiro atoms. The van der Waals surface area contributed by atoms with Gasteiger partial charge in [0.05, 0.1) is 0 Å². The molecule has 0 unspecified atom stereocenters. The molecule has 10 rings (SSSR count). The second kappa shape index (κ2) is 12.8. The van der Waals surface area contributed by atoms with Crippen LogP contribution in [0.2, 0.25) is 0 Å². The van der Waals surface area contributed by atoms with Crippen molar-refractivity contribution in [3.05, 3.63) is 211 Å². The van der Waals surface area contributed by atoms with Crippen molar-refractivity contribution in [1.29, 1.82) is 0 Å². The van der Waals surface area contributed by atoms with Crippen LogP contribution < -0.4 is 4.90 Å². The minimum atomic E-state index is -0.0523. The van der Waals surface area contributed by atoms with E-state index in [1.165, 1.54) is 77.2 Å². The smallest absolute Gasteiger partial charge is 0.0467 e. The molecule has 0 aromatic heterocycles. The quantitative estimate of drug-likeness (QED) is 0.168. The maximum Gasteiger partial charge on any atom is 0.0467 e. The molecule has 0 atom stereocenters. The van der Waals surface area contributed by atoms with Crippen LogP contribution in [0.25, 0.3) is 66.1 Å². The summed E-state index contributed by atoms with van der Waals surface area (Å²) in [6.45, 7) is 4.70. The van der Waals surface area contributed by atoms with Gasteiger partial charge in [-0.05, 0) is 114 Å². The van der Waals surface area contributed by atoms with E-state index in [9.17, 15) is 0 Å². The van der Waals surface area contributed by atoms with Gasteiger partial charge in [-0.3, -0.25) is 0 Å². The lowest BCUT2D eigenvalue weighted by molar-refractivity contribution is 0.660. The van der Waals surface area contributed by atoms with E-state index < -0.39 is 0 Å². The third-order valence-electron chi connectivity index (χ3n) is 11.5. The highest BCUT2D eigenvalue weighted by Crippen LogP contribution is 2.52. The molecule has 0 amide bonds. The highest BCUT2D eigenvalue weighted by Gasteiger charge is 2.36. The Kier molecular flexibility index (Phi) is 7.56. The zero-order valence-electron chi connectivity index (χ0n) is 30.5. The lowest BCUT2D eigenvalue weighted by Gasteiger charge is -2.27. The van der Waals surface area contributed by atoms with Crippen LogP contribution in [0, 0.1) is 0 Å². The summed E-state index contributed by atoms with van der Waals surface area (Å²) in [7, 11) is 0. The van der Waals surface area contributed by atoms with E-state index in [0.717, 1.165) is 17.1 Å². The molecule has 0 fully saturated rings. The van der Waals surface area contributed by atoms with Crippen LogP contribution in [0.15, 0.2) is 200 Å². The van der Waals surface area contributed by atoms with Crippen molar-refractivity contribution in [2.75, 3.05) is 4.90 Å². The molecule has 9 aromatic rings. The average Bonchev–Trinajstić information content (AvgIpc) is 3.47. The molecular weight excluding hydrogens is 651 g/mol. The van der Waals surface area contributed by atoms with Crippen LogP contribution in [0.4, 0.5) is 17.1 Å². The molecule has 1 nitrogen and oxygen atoms in total. The van der Waals surface area contributed by atoms with Gasteiger partial charge in [0, 0.05) is 22.5 Å². The van der Waals surface area contributed by atoms with Crippen molar-refractivity contribution in [1.82, 2.24) is 0 Å². The minimum Gasteiger partial charge on any atom is -0.310 e. The van der Waals surface area contributed by atoms with E-state index in [-0.39, 0.29) is 5.41 Å². The number of benzene rings is 9. The molecule has 0 saturated carbocycles. The summed E-state index contributed by atoms with van der Waals surface area (Å²) < 4.78 is 0. The fourth-order valence-corrected chi connectivity index (χ4v) is 8.79. The van der Waals surface area contributed by atoms with Crippen molar-refractivity contribution in [3.63, 3.8) is 0 Å². The molecule has 256 valence electrons. The second-order valence-corrected chi connectivity index (χ2v) is 14.9. The van der Waals surface area contributed by atoms with Crippen molar-refractivity contribution in [2.24, 2.45) is 0 Å². The second-order valence-electron chi connectivity index (χ2n) is 14.9. The number of fused-ring (bicyclic) bond motifs is 5. The third-order valence-corrected chi connectivity index (χ3v) is 11.5. The van der Waals surface area contributed by atoms with E-state index in [4.69, 9.17) is 0 Å². The predicted molar refractivity (Wildman–Crippen MR) is 230 cm³/mol. The molecule has 54 heavy (non-hydrogen) atoms. The molecule has 0 radical (unpaired) electrons. The maximum absolute atomic E-state index is 2.39. The monoisotopic (exact) mass is 689 g/mol. The molecule has 0 bridgehead atoms. The number of nitrogens with zero attached hydrogens (tertiary/aromatic N) is 1. The van der Waals surface area contributed by atoms with E-state index in [1.54, 1.807) is 0 Å². The van der Waals surface area contributed by atoms with Gasteiger partial charge >= 0.3 is 0 Å². The largest absolute Gasteiger partial charge is 0.310 e. The van der Waals surface area contributed by atoms with Crippen molar-refractivity contribution >= 4 is 38.6 Å². The Morgan fingerprint density at radius 2 is 0.796 bits per heavy atom. The number of hydrogen-bond acceptors (Lipinski definition) is 1. The van der Waals surface area contributed by atoms with Crippen LogP contribution >= 0.6 is 0 Å².